The van der Waals surface area contributed by atoms with E-state index < -0.39 is 10.0 Å². The second-order valence-corrected chi connectivity index (χ2v) is 12.1. The van der Waals surface area contributed by atoms with E-state index in [0.29, 0.717) is 17.2 Å². The molecule has 2 amide bonds. The Balaban J connectivity index is 1.27. The minimum absolute atomic E-state index is 0.0426. The summed E-state index contributed by atoms with van der Waals surface area (Å²) < 4.78 is 36.3. The Labute approximate surface area is 243 Å². The molecule has 0 aliphatic carbocycles. The molecule has 10 heteroatoms. The fourth-order valence-corrected chi connectivity index (χ4v) is 5.46. The molecule has 4 rings (SSSR count). The lowest BCUT2D eigenvalue weighted by molar-refractivity contribution is 0.122. The molecule has 3 aromatic rings. The number of unbranched alkanes of at least 4 members (excludes halogenated alkanes) is 1. The van der Waals surface area contributed by atoms with Gasteiger partial charge < -0.3 is 19.7 Å². The molecule has 0 saturated carbocycles. The van der Waals surface area contributed by atoms with Crippen LogP contribution in [0.4, 0.5) is 16.2 Å². The molecule has 0 radical (unpaired) electrons. The fraction of sp³-hybridized carbons (Fsp3) is 0.387. The van der Waals surface area contributed by atoms with E-state index in [2.05, 4.69) is 34.0 Å². The van der Waals surface area contributed by atoms with Crippen LogP contribution in [0.3, 0.4) is 0 Å². The number of carbonyl (C=O) groups excluding carboxylic acids is 1. The van der Waals surface area contributed by atoms with Gasteiger partial charge >= 0.3 is 6.03 Å². The van der Waals surface area contributed by atoms with Crippen LogP contribution in [0.25, 0.3) is 0 Å². The molecule has 2 N–H and O–H groups in total. The number of ether oxygens (including phenoxy) is 2. The number of sulfonamides is 1. The highest BCUT2D eigenvalue weighted by Gasteiger charge is 2.27. The third-order valence-electron chi connectivity index (χ3n) is 7.08. The summed E-state index contributed by atoms with van der Waals surface area (Å²) in [5.41, 5.74) is 2.46. The van der Waals surface area contributed by atoms with Crippen LogP contribution in [0.15, 0.2) is 72.8 Å². The van der Waals surface area contributed by atoms with Crippen LogP contribution in [0.5, 0.6) is 17.2 Å². The SMILES string of the molecule is CCCCN(C(=O)Nc1ccc(OC)cc1)C1CCN(Cc2ccc(Oc3ccc(NS(C)(=O)=O)cc3)cc2)CC1. The number of methoxy groups -OCH3 is 1. The maximum absolute atomic E-state index is 13.2. The van der Waals surface area contributed by atoms with Crippen LogP contribution in [-0.2, 0) is 16.6 Å². The summed E-state index contributed by atoms with van der Waals surface area (Å²) in [7, 11) is -1.69. The largest absolute Gasteiger partial charge is 0.497 e. The molecular formula is C31H40N4O5S. The zero-order valence-electron chi connectivity index (χ0n) is 24.0. The molecule has 0 unspecified atom stereocenters. The van der Waals surface area contributed by atoms with Gasteiger partial charge in [0.05, 0.1) is 13.4 Å². The van der Waals surface area contributed by atoms with Crippen LogP contribution in [0.2, 0.25) is 0 Å². The summed E-state index contributed by atoms with van der Waals surface area (Å²) in [6.45, 7) is 5.59. The molecule has 0 spiro atoms. The zero-order chi connectivity index (χ0) is 29.2. The third-order valence-corrected chi connectivity index (χ3v) is 7.68. The molecule has 3 aromatic carbocycles. The smallest absolute Gasteiger partial charge is 0.322 e. The Bertz CT molecular complexity index is 1360. The highest BCUT2D eigenvalue weighted by Crippen LogP contribution is 2.25. The van der Waals surface area contributed by atoms with Gasteiger partial charge in [-0.05, 0) is 85.5 Å². The Morgan fingerprint density at radius 3 is 2.02 bits per heavy atom. The molecule has 41 heavy (non-hydrogen) atoms. The average molecular weight is 581 g/mol. The van der Waals surface area contributed by atoms with Gasteiger partial charge in [-0.1, -0.05) is 25.5 Å². The standard InChI is InChI=1S/C31H40N4O5S/c1-4-5-20-35(31(36)32-25-8-14-28(39-2)15-9-25)27-18-21-34(22-19-27)23-24-6-12-29(13-7-24)40-30-16-10-26(11-17-30)33-41(3,37)38/h6-17,27,33H,4-5,18-23H2,1-3H3,(H,32,36). The Kier molecular flexibility index (Phi) is 10.5. The number of rotatable bonds is 12. The predicted octanol–water partition coefficient (Wildman–Crippen LogP) is 6.16. The number of nitrogens with zero attached hydrogens (tertiary/aromatic N) is 2. The van der Waals surface area contributed by atoms with Crippen LogP contribution in [0, 0.1) is 0 Å². The van der Waals surface area contributed by atoms with E-state index in [0.717, 1.165) is 69.6 Å². The number of anilines is 2. The van der Waals surface area contributed by atoms with E-state index in [1.165, 1.54) is 5.56 Å². The molecule has 220 valence electrons. The number of likely N-dealkylation sites (tertiary alicyclic amines) is 1. The van der Waals surface area contributed by atoms with E-state index in [-0.39, 0.29) is 12.1 Å². The van der Waals surface area contributed by atoms with Crippen LogP contribution in [-0.4, -0.2) is 63.3 Å². The van der Waals surface area contributed by atoms with Gasteiger partial charge in [0.15, 0.2) is 0 Å². The van der Waals surface area contributed by atoms with Crippen LogP contribution >= 0.6 is 0 Å². The predicted molar refractivity (Wildman–Crippen MR) is 163 cm³/mol. The van der Waals surface area contributed by atoms with Crippen molar-refractivity contribution in [2.24, 2.45) is 0 Å². The number of hydrogen-bond acceptors (Lipinski definition) is 6. The average Bonchev–Trinajstić information content (AvgIpc) is 2.96. The normalized spacial score (nSPS) is 14.3. The lowest BCUT2D eigenvalue weighted by Gasteiger charge is -2.38. The van der Waals surface area contributed by atoms with Gasteiger partial charge in [-0.25, -0.2) is 13.2 Å². The Hall–Kier alpha value is -3.76. The molecule has 1 heterocycles. The zero-order valence-corrected chi connectivity index (χ0v) is 24.8. The number of nitrogens with one attached hydrogen (secondary N) is 2. The molecule has 1 saturated heterocycles. The van der Waals surface area contributed by atoms with E-state index in [4.69, 9.17) is 9.47 Å². The van der Waals surface area contributed by atoms with Crippen molar-refractivity contribution in [2.45, 2.75) is 45.2 Å². The molecule has 9 nitrogen and oxygen atoms in total. The molecule has 0 aromatic heterocycles. The van der Waals surface area contributed by atoms with Gasteiger partial charge in [-0.3, -0.25) is 9.62 Å². The van der Waals surface area contributed by atoms with Crippen molar-refractivity contribution in [1.82, 2.24) is 9.80 Å². The van der Waals surface area contributed by atoms with Crippen LogP contribution < -0.4 is 19.5 Å². The Morgan fingerprint density at radius 1 is 0.902 bits per heavy atom. The van der Waals surface area contributed by atoms with Gasteiger partial charge in [0, 0.05) is 43.6 Å². The van der Waals surface area contributed by atoms with Crippen molar-refractivity contribution in [3.8, 4) is 17.2 Å². The summed E-state index contributed by atoms with van der Waals surface area (Å²) in [5.74, 6) is 2.10. The van der Waals surface area contributed by atoms with E-state index >= 15 is 0 Å². The lowest BCUT2D eigenvalue weighted by atomic mass is 10.0. The van der Waals surface area contributed by atoms with E-state index in [9.17, 15) is 13.2 Å². The van der Waals surface area contributed by atoms with Crippen LogP contribution in [0.1, 0.15) is 38.2 Å². The maximum Gasteiger partial charge on any atom is 0.322 e. The minimum Gasteiger partial charge on any atom is -0.497 e. The summed E-state index contributed by atoms with van der Waals surface area (Å²) in [4.78, 5) is 17.7. The van der Waals surface area contributed by atoms with Crippen molar-refractivity contribution in [1.29, 1.82) is 0 Å². The topological polar surface area (TPSA) is 100 Å². The highest BCUT2D eigenvalue weighted by molar-refractivity contribution is 7.92. The summed E-state index contributed by atoms with van der Waals surface area (Å²) in [6.07, 6.45) is 5.01. The molecular weight excluding hydrogens is 540 g/mol. The van der Waals surface area contributed by atoms with Gasteiger partial charge in [0.25, 0.3) is 0 Å². The van der Waals surface area contributed by atoms with Crippen molar-refractivity contribution in [2.75, 3.05) is 43.0 Å². The first-order valence-electron chi connectivity index (χ1n) is 14.0. The van der Waals surface area contributed by atoms with Crippen molar-refractivity contribution >= 4 is 27.4 Å². The molecule has 1 aliphatic heterocycles. The number of benzene rings is 3. The molecule has 1 fully saturated rings. The van der Waals surface area contributed by atoms with Gasteiger partial charge in [-0.15, -0.1) is 0 Å². The first-order valence-corrected chi connectivity index (χ1v) is 15.9. The van der Waals surface area contributed by atoms with Crippen molar-refractivity contribution in [3.05, 3.63) is 78.4 Å². The fourth-order valence-electron chi connectivity index (χ4n) is 4.90. The molecule has 0 bridgehead atoms. The van der Waals surface area contributed by atoms with Gasteiger partial charge in [0.1, 0.15) is 17.2 Å². The number of carbonyl (C=O) groups is 1. The van der Waals surface area contributed by atoms with Crippen molar-refractivity contribution in [3.63, 3.8) is 0 Å². The number of hydrogen-bond donors (Lipinski definition) is 2. The Morgan fingerprint density at radius 2 is 1.46 bits per heavy atom. The quantitative estimate of drug-likeness (QED) is 0.266. The number of urea groups is 1. The first-order chi connectivity index (χ1) is 19.7. The highest BCUT2D eigenvalue weighted by atomic mass is 32.2. The summed E-state index contributed by atoms with van der Waals surface area (Å²) >= 11 is 0. The van der Waals surface area contributed by atoms with E-state index in [1.807, 2.05) is 41.3 Å². The third kappa shape index (κ3) is 9.40. The minimum atomic E-state index is -3.31. The number of piperidine rings is 1. The van der Waals surface area contributed by atoms with Gasteiger partial charge in [-0.2, -0.15) is 0 Å². The monoisotopic (exact) mass is 580 g/mol. The lowest BCUT2D eigenvalue weighted by Crippen LogP contribution is -2.49. The van der Waals surface area contributed by atoms with Crippen molar-refractivity contribution < 1.29 is 22.7 Å². The molecule has 0 atom stereocenters. The maximum atomic E-state index is 13.2. The molecule has 1 aliphatic rings. The second kappa shape index (κ2) is 14.2. The first kappa shape index (κ1) is 30.2. The van der Waals surface area contributed by atoms with Gasteiger partial charge in [0.2, 0.25) is 10.0 Å². The second-order valence-electron chi connectivity index (χ2n) is 10.4. The van der Waals surface area contributed by atoms with E-state index in [1.54, 1.807) is 31.4 Å². The summed E-state index contributed by atoms with van der Waals surface area (Å²) in [5, 5.41) is 3.06. The number of amides is 2. The summed E-state index contributed by atoms with van der Waals surface area (Å²) in [6, 6.07) is 22.4.